The number of thioether (sulfide) groups is 1. The summed E-state index contributed by atoms with van der Waals surface area (Å²) in [6, 6.07) is 23.8. The number of nitrogens with zero attached hydrogens (tertiary/aromatic N) is 3. The SMILES string of the molecule is Cc1ccc(C)c(N2CC=C[C@]34S[C@H]5C=CCN(c6ccccc6)C(=O)[C@H]5[C@H]3C(=O)N([C@@H](CO)Cc3ccccc3)C4C2=O)c1. The standard InChI is InChI=1S/C37H37N3O4S/c1-24-16-17-25(2)29(21-24)39-20-10-18-37-32(31-30(45-37)15-9-19-38(34(31)42)27-13-7-4-8-14-27)35(43)40(33(37)36(39)44)28(23-41)22-26-11-5-3-6-12-26/h3-18,21,28,30-33,41H,19-20,22-23H2,1-2H3/t28-,30+,31-,32+,33?,37+/m1/s1. The Morgan fingerprint density at radius 2 is 1.58 bits per heavy atom. The Bertz CT molecular complexity index is 1690. The Balaban J connectivity index is 1.36. The zero-order valence-electron chi connectivity index (χ0n) is 25.5. The smallest absolute Gasteiger partial charge is 0.251 e. The molecule has 0 saturated carbocycles. The molecule has 4 heterocycles. The zero-order valence-corrected chi connectivity index (χ0v) is 26.3. The minimum absolute atomic E-state index is 0.111. The molecule has 4 aliphatic rings. The van der Waals surface area contributed by atoms with E-state index in [1.165, 1.54) is 0 Å². The molecule has 230 valence electrons. The lowest BCUT2D eigenvalue weighted by molar-refractivity contribution is -0.141. The van der Waals surface area contributed by atoms with Gasteiger partial charge in [0.05, 0.1) is 29.2 Å². The molecular weight excluding hydrogens is 582 g/mol. The number of carbonyl (C=O) groups excluding carboxylic acids is 3. The van der Waals surface area contributed by atoms with E-state index in [9.17, 15) is 19.5 Å². The highest BCUT2D eigenvalue weighted by molar-refractivity contribution is 8.02. The molecule has 7 rings (SSSR count). The van der Waals surface area contributed by atoms with Crippen molar-refractivity contribution in [2.45, 2.75) is 42.3 Å². The summed E-state index contributed by atoms with van der Waals surface area (Å²) in [6.07, 6.45) is 8.49. The van der Waals surface area contributed by atoms with Gasteiger partial charge in [0, 0.05) is 29.7 Å². The Morgan fingerprint density at radius 1 is 0.867 bits per heavy atom. The third-order valence-corrected chi connectivity index (χ3v) is 11.5. The van der Waals surface area contributed by atoms with Gasteiger partial charge in [-0.2, -0.15) is 0 Å². The molecule has 2 saturated heterocycles. The van der Waals surface area contributed by atoms with Crippen molar-refractivity contribution in [3.05, 3.63) is 120 Å². The molecule has 1 unspecified atom stereocenters. The van der Waals surface area contributed by atoms with Crippen LogP contribution in [0.4, 0.5) is 11.4 Å². The summed E-state index contributed by atoms with van der Waals surface area (Å²) < 4.78 is -0.972. The molecule has 3 aromatic rings. The van der Waals surface area contributed by atoms with E-state index in [4.69, 9.17) is 0 Å². The maximum Gasteiger partial charge on any atom is 0.251 e. The number of amides is 3. The number of aliphatic hydroxyl groups excluding tert-OH is 1. The molecule has 0 radical (unpaired) electrons. The number of hydrogen-bond donors (Lipinski definition) is 1. The highest BCUT2D eigenvalue weighted by Gasteiger charge is 2.71. The van der Waals surface area contributed by atoms with Gasteiger partial charge in [0.2, 0.25) is 11.8 Å². The first-order valence-electron chi connectivity index (χ1n) is 15.6. The van der Waals surface area contributed by atoms with Gasteiger partial charge in [-0.3, -0.25) is 14.4 Å². The highest BCUT2D eigenvalue weighted by atomic mass is 32.2. The van der Waals surface area contributed by atoms with E-state index in [1.807, 2.05) is 111 Å². The average molecular weight is 620 g/mol. The van der Waals surface area contributed by atoms with Crippen LogP contribution in [0.25, 0.3) is 0 Å². The second-order valence-electron chi connectivity index (χ2n) is 12.5. The van der Waals surface area contributed by atoms with Crippen molar-refractivity contribution in [3.63, 3.8) is 0 Å². The van der Waals surface area contributed by atoms with Crippen LogP contribution in [-0.2, 0) is 20.8 Å². The van der Waals surface area contributed by atoms with Crippen LogP contribution < -0.4 is 9.80 Å². The van der Waals surface area contributed by atoms with Gasteiger partial charge >= 0.3 is 0 Å². The fraction of sp³-hybridized carbons (Fsp3) is 0.324. The largest absolute Gasteiger partial charge is 0.394 e. The van der Waals surface area contributed by atoms with E-state index >= 15 is 0 Å². The summed E-state index contributed by atoms with van der Waals surface area (Å²) in [4.78, 5) is 49.6. The van der Waals surface area contributed by atoms with Crippen molar-refractivity contribution in [1.29, 1.82) is 0 Å². The molecule has 45 heavy (non-hydrogen) atoms. The van der Waals surface area contributed by atoms with Crippen LogP contribution in [0.1, 0.15) is 16.7 Å². The van der Waals surface area contributed by atoms with E-state index < -0.39 is 28.7 Å². The van der Waals surface area contributed by atoms with Crippen molar-refractivity contribution in [2.75, 3.05) is 29.5 Å². The molecule has 0 aliphatic carbocycles. The second kappa shape index (κ2) is 11.7. The number of aliphatic hydroxyl groups is 1. The topological polar surface area (TPSA) is 81.2 Å². The van der Waals surface area contributed by atoms with Crippen LogP contribution in [-0.4, -0.2) is 69.5 Å². The molecule has 6 atom stereocenters. The first kappa shape index (κ1) is 29.6. The molecular formula is C37H37N3O4S. The van der Waals surface area contributed by atoms with Crippen LogP contribution in [0, 0.1) is 25.7 Å². The highest BCUT2D eigenvalue weighted by Crippen LogP contribution is 2.61. The summed E-state index contributed by atoms with van der Waals surface area (Å²) in [5.74, 6) is -1.96. The van der Waals surface area contributed by atoms with Crippen LogP contribution in [0.3, 0.4) is 0 Å². The molecule has 0 aromatic heterocycles. The third-order valence-electron chi connectivity index (χ3n) is 9.74. The number of hydrogen-bond acceptors (Lipinski definition) is 5. The van der Waals surface area contributed by atoms with E-state index in [0.717, 1.165) is 28.1 Å². The maximum absolute atomic E-state index is 15.0. The van der Waals surface area contributed by atoms with Gasteiger partial charge in [-0.15, -0.1) is 11.8 Å². The van der Waals surface area contributed by atoms with E-state index in [-0.39, 0.29) is 29.6 Å². The third kappa shape index (κ3) is 4.82. The monoisotopic (exact) mass is 619 g/mol. The van der Waals surface area contributed by atoms with Crippen LogP contribution in [0.5, 0.6) is 0 Å². The molecule has 2 fully saturated rings. The van der Waals surface area contributed by atoms with E-state index in [0.29, 0.717) is 19.5 Å². The molecule has 3 aromatic carbocycles. The zero-order chi connectivity index (χ0) is 31.3. The van der Waals surface area contributed by atoms with Crippen molar-refractivity contribution in [3.8, 4) is 0 Å². The van der Waals surface area contributed by atoms with Crippen molar-refractivity contribution in [1.82, 2.24) is 4.90 Å². The summed E-state index contributed by atoms with van der Waals surface area (Å²) in [5, 5.41) is 10.6. The van der Waals surface area contributed by atoms with E-state index in [1.54, 1.807) is 26.5 Å². The number of aryl methyl sites for hydroxylation is 2. The minimum Gasteiger partial charge on any atom is -0.394 e. The predicted octanol–water partition coefficient (Wildman–Crippen LogP) is 4.71. The molecule has 1 spiro atoms. The number of para-hydroxylation sites is 1. The molecule has 0 bridgehead atoms. The maximum atomic E-state index is 15.0. The lowest BCUT2D eigenvalue weighted by Gasteiger charge is -2.38. The van der Waals surface area contributed by atoms with Gasteiger partial charge in [0.15, 0.2) is 0 Å². The number of benzene rings is 3. The number of carbonyl (C=O) groups is 3. The van der Waals surface area contributed by atoms with Crippen LogP contribution in [0.2, 0.25) is 0 Å². The second-order valence-corrected chi connectivity index (χ2v) is 14.0. The molecule has 7 nitrogen and oxygen atoms in total. The minimum atomic E-state index is -0.972. The average Bonchev–Trinajstić information content (AvgIpc) is 3.37. The molecule has 1 N–H and O–H groups in total. The Morgan fingerprint density at radius 3 is 2.31 bits per heavy atom. The van der Waals surface area contributed by atoms with Gasteiger partial charge in [0.1, 0.15) is 6.04 Å². The number of rotatable bonds is 6. The Kier molecular flexibility index (Phi) is 7.66. The fourth-order valence-corrected chi connectivity index (χ4v) is 9.67. The van der Waals surface area contributed by atoms with Crippen LogP contribution >= 0.6 is 11.8 Å². The van der Waals surface area contributed by atoms with Gasteiger partial charge in [0.25, 0.3) is 5.91 Å². The summed E-state index contributed by atoms with van der Waals surface area (Å²) >= 11 is 1.56. The number of likely N-dealkylation sites (tertiary alicyclic amines) is 1. The summed E-state index contributed by atoms with van der Waals surface area (Å²) in [5.41, 5.74) is 4.56. The van der Waals surface area contributed by atoms with Gasteiger partial charge in [-0.05, 0) is 55.2 Å². The fourth-order valence-electron chi connectivity index (χ4n) is 7.67. The summed E-state index contributed by atoms with van der Waals surface area (Å²) in [6.45, 7) is 4.46. The van der Waals surface area contributed by atoms with Crippen molar-refractivity contribution >= 4 is 40.9 Å². The first-order valence-corrected chi connectivity index (χ1v) is 16.5. The lowest BCUT2D eigenvalue weighted by atomic mass is 9.78. The molecule has 4 aliphatic heterocycles. The lowest BCUT2D eigenvalue weighted by Crippen LogP contribution is -2.57. The molecule has 3 amide bonds. The van der Waals surface area contributed by atoms with Crippen LogP contribution in [0.15, 0.2) is 103 Å². The van der Waals surface area contributed by atoms with Crippen molar-refractivity contribution < 1.29 is 19.5 Å². The van der Waals surface area contributed by atoms with Gasteiger partial charge in [-0.25, -0.2) is 0 Å². The Hall–Kier alpha value is -4.14. The van der Waals surface area contributed by atoms with Crippen molar-refractivity contribution in [2.24, 2.45) is 11.8 Å². The summed E-state index contributed by atoms with van der Waals surface area (Å²) in [7, 11) is 0. The quantitative estimate of drug-likeness (QED) is 0.405. The number of fused-ring (bicyclic) bond motifs is 2. The predicted molar refractivity (Wildman–Crippen MR) is 178 cm³/mol. The van der Waals surface area contributed by atoms with Gasteiger partial charge in [-0.1, -0.05) is 85.0 Å². The van der Waals surface area contributed by atoms with E-state index in [2.05, 4.69) is 6.08 Å². The Labute approximate surface area is 268 Å². The number of anilines is 2. The first-order chi connectivity index (χ1) is 21.8. The molecule has 8 heteroatoms. The van der Waals surface area contributed by atoms with Gasteiger partial charge < -0.3 is 19.8 Å². The normalized spacial score (nSPS) is 28.1.